The van der Waals surface area contributed by atoms with Crippen molar-refractivity contribution in [3.63, 3.8) is 0 Å². The molecule has 16 heavy (non-hydrogen) atoms. The standard InChI is InChI=1S/C10H14IN5/c1-5-3-7(11)4-6(2)8(5)15-10(14)16-9(12)13/h3-4H,1-2H3,(H6,12,13,14,15,16). The first-order chi connectivity index (χ1) is 7.40. The first-order valence-corrected chi connectivity index (χ1v) is 5.68. The van der Waals surface area contributed by atoms with Crippen molar-refractivity contribution in [2.75, 3.05) is 0 Å². The van der Waals surface area contributed by atoms with E-state index in [0.717, 1.165) is 20.4 Å². The zero-order valence-electron chi connectivity index (χ0n) is 9.16. The molecule has 0 saturated carbocycles. The Morgan fingerprint density at radius 2 is 1.62 bits per heavy atom. The molecule has 1 aromatic carbocycles. The minimum Gasteiger partial charge on any atom is -0.370 e. The van der Waals surface area contributed by atoms with Gasteiger partial charge in [0.2, 0.25) is 5.96 Å². The van der Waals surface area contributed by atoms with Gasteiger partial charge < -0.3 is 17.2 Å². The van der Waals surface area contributed by atoms with E-state index in [1.54, 1.807) is 0 Å². The number of aryl methyl sites for hydroxylation is 2. The Kier molecular flexibility index (Phi) is 4.11. The molecular formula is C10H14IN5. The van der Waals surface area contributed by atoms with Crippen LogP contribution in [0.3, 0.4) is 0 Å². The lowest BCUT2D eigenvalue weighted by molar-refractivity contribution is 1.29. The van der Waals surface area contributed by atoms with Gasteiger partial charge in [-0.1, -0.05) is 0 Å². The highest BCUT2D eigenvalue weighted by Gasteiger charge is 2.03. The quantitative estimate of drug-likeness (QED) is 0.408. The molecule has 6 N–H and O–H groups in total. The average molecular weight is 331 g/mol. The number of guanidine groups is 2. The molecule has 5 nitrogen and oxygen atoms in total. The van der Waals surface area contributed by atoms with E-state index in [2.05, 4.69) is 32.6 Å². The first kappa shape index (κ1) is 12.8. The minimum absolute atomic E-state index is 0.0624. The van der Waals surface area contributed by atoms with Crippen molar-refractivity contribution in [1.29, 1.82) is 0 Å². The molecule has 6 heteroatoms. The van der Waals surface area contributed by atoms with Crippen molar-refractivity contribution in [2.24, 2.45) is 27.2 Å². The largest absolute Gasteiger partial charge is 0.370 e. The molecule has 0 spiro atoms. The van der Waals surface area contributed by atoms with E-state index in [1.807, 2.05) is 26.0 Å². The van der Waals surface area contributed by atoms with Gasteiger partial charge in [-0.05, 0) is 59.7 Å². The van der Waals surface area contributed by atoms with Gasteiger partial charge in [-0.15, -0.1) is 0 Å². The van der Waals surface area contributed by atoms with E-state index >= 15 is 0 Å². The highest BCUT2D eigenvalue weighted by Crippen LogP contribution is 2.25. The normalized spacial score (nSPS) is 11.3. The van der Waals surface area contributed by atoms with E-state index in [9.17, 15) is 0 Å². The summed E-state index contributed by atoms with van der Waals surface area (Å²) in [5, 5.41) is 0. The van der Waals surface area contributed by atoms with Crippen LogP contribution in [0.5, 0.6) is 0 Å². The smallest absolute Gasteiger partial charge is 0.223 e. The van der Waals surface area contributed by atoms with Gasteiger partial charge in [-0.25, -0.2) is 4.99 Å². The summed E-state index contributed by atoms with van der Waals surface area (Å²) in [5.74, 6) is -0.0329. The van der Waals surface area contributed by atoms with Crippen LogP contribution in [0.4, 0.5) is 5.69 Å². The molecule has 1 aromatic rings. The first-order valence-electron chi connectivity index (χ1n) is 4.60. The Bertz CT molecular complexity index is 437. The van der Waals surface area contributed by atoms with Gasteiger partial charge in [-0.3, -0.25) is 0 Å². The average Bonchev–Trinajstić information content (AvgIpc) is 2.09. The maximum Gasteiger partial charge on any atom is 0.223 e. The fraction of sp³-hybridized carbons (Fsp3) is 0.200. The SMILES string of the molecule is Cc1cc(I)cc(C)c1N=C(N)N=C(N)N. The lowest BCUT2D eigenvalue weighted by atomic mass is 10.1. The molecule has 0 fully saturated rings. The van der Waals surface area contributed by atoms with Gasteiger partial charge in [0.1, 0.15) is 0 Å². The van der Waals surface area contributed by atoms with Gasteiger partial charge in [0.25, 0.3) is 0 Å². The number of nitrogens with zero attached hydrogens (tertiary/aromatic N) is 2. The second-order valence-corrected chi connectivity index (χ2v) is 4.64. The van der Waals surface area contributed by atoms with Gasteiger partial charge in [0, 0.05) is 3.57 Å². The summed E-state index contributed by atoms with van der Waals surface area (Å²) in [5.41, 5.74) is 18.9. The zero-order chi connectivity index (χ0) is 12.3. The molecule has 0 heterocycles. The number of halogens is 1. The van der Waals surface area contributed by atoms with Crippen LogP contribution in [-0.4, -0.2) is 11.9 Å². The van der Waals surface area contributed by atoms with Gasteiger partial charge in [0.15, 0.2) is 5.96 Å². The van der Waals surface area contributed by atoms with Crippen molar-refractivity contribution in [1.82, 2.24) is 0 Å². The number of nitrogens with two attached hydrogens (primary N) is 3. The monoisotopic (exact) mass is 331 g/mol. The summed E-state index contributed by atoms with van der Waals surface area (Å²) < 4.78 is 1.16. The van der Waals surface area contributed by atoms with Crippen molar-refractivity contribution < 1.29 is 0 Å². The second kappa shape index (κ2) is 5.15. The molecule has 0 unspecified atom stereocenters. The summed E-state index contributed by atoms with van der Waals surface area (Å²) in [6.07, 6.45) is 0. The van der Waals surface area contributed by atoms with Gasteiger partial charge in [-0.2, -0.15) is 4.99 Å². The lowest BCUT2D eigenvalue weighted by Crippen LogP contribution is -2.26. The number of aliphatic imine (C=N–C) groups is 2. The number of rotatable bonds is 1. The Morgan fingerprint density at radius 1 is 1.12 bits per heavy atom. The predicted molar refractivity (Wildman–Crippen MR) is 75.7 cm³/mol. The molecule has 0 bridgehead atoms. The molecule has 0 aliphatic rings. The van der Waals surface area contributed by atoms with E-state index in [4.69, 9.17) is 17.2 Å². The van der Waals surface area contributed by atoms with E-state index in [-0.39, 0.29) is 11.9 Å². The Morgan fingerprint density at radius 3 is 2.06 bits per heavy atom. The summed E-state index contributed by atoms with van der Waals surface area (Å²) in [7, 11) is 0. The highest BCUT2D eigenvalue weighted by molar-refractivity contribution is 14.1. The third-order valence-electron chi connectivity index (χ3n) is 1.93. The third-order valence-corrected chi connectivity index (χ3v) is 2.55. The predicted octanol–water partition coefficient (Wildman–Crippen LogP) is 1.13. The lowest BCUT2D eigenvalue weighted by Gasteiger charge is -2.06. The summed E-state index contributed by atoms with van der Waals surface area (Å²) in [4.78, 5) is 7.86. The topological polar surface area (TPSA) is 103 Å². The van der Waals surface area contributed by atoms with Crippen molar-refractivity contribution in [3.05, 3.63) is 26.8 Å². The molecule has 1 rings (SSSR count). The van der Waals surface area contributed by atoms with Crippen molar-refractivity contribution >= 4 is 40.2 Å². The Labute approximate surface area is 108 Å². The number of benzene rings is 1. The third kappa shape index (κ3) is 3.37. The van der Waals surface area contributed by atoms with E-state index in [1.165, 1.54) is 0 Å². The maximum atomic E-state index is 5.58. The maximum absolute atomic E-state index is 5.58. The molecular weight excluding hydrogens is 317 g/mol. The van der Waals surface area contributed by atoms with Crippen molar-refractivity contribution in [3.8, 4) is 0 Å². The molecule has 0 atom stereocenters. The second-order valence-electron chi connectivity index (χ2n) is 3.39. The fourth-order valence-electron chi connectivity index (χ4n) is 1.35. The van der Waals surface area contributed by atoms with E-state index < -0.39 is 0 Å². The van der Waals surface area contributed by atoms with Crippen LogP contribution in [-0.2, 0) is 0 Å². The van der Waals surface area contributed by atoms with Crippen LogP contribution in [0.1, 0.15) is 11.1 Å². The molecule has 0 aromatic heterocycles. The minimum atomic E-state index is -0.0953. The van der Waals surface area contributed by atoms with Crippen LogP contribution in [0.15, 0.2) is 22.1 Å². The summed E-state index contributed by atoms with van der Waals surface area (Å²) in [6.45, 7) is 3.94. The molecule has 0 aliphatic heterocycles. The van der Waals surface area contributed by atoms with Crippen LogP contribution in [0, 0.1) is 17.4 Å². The molecule has 0 amide bonds. The fourth-order valence-corrected chi connectivity index (χ4v) is 2.29. The van der Waals surface area contributed by atoms with Gasteiger partial charge in [0.05, 0.1) is 5.69 Å². The summed E-state index contributed by atoms with van der Waals surface area (Å²) in [6, 6.07) is 4.05. The number of hydrogen-bond acceptors (Lipinski definition) is 1. The Hall–Kier alpha value is -1.31. The van der Waals surface area contributed by atoms with Crippen molar-refractivity contribution in [2.45, 2.75) is 13.8 Å². The molecule has 0 aliphatic carbocycles. The van der Waals surface area contributed by atoms with Crippen LogP contribution >= 0.6 is 22.6 Å². The van der Waals surface area contributed by atoms with Crippen LogP contribution < -0.4 is 17.2 Å². The van der Waals surface area contributed by atoms with E-state index in [0.29, 0.717) is 0 Å². The summed E-state index contributed by atoms with van der Waals surface area (Å²) >= 11 is 2.25. The molecule has 0 saturated heterocycles. The highest BCUT2D eigenvalue weighted by atomic mass is 127. The molecule has 0 radical (unpaired) electrons. The number of hydrogen-bond donors (Lipinski definition) is 3. The van der Waals surface area contributed by atoms with Crippen LogP contribution in [0.25, 0.3) is 0 Å². The Balaban J connectivity index is 3.20. The van der Waals surface area contributed by atoms with Crippen LogP contribution in [0.2, 0.25) is 0 Å². The zero-order valence-corrected chi connectivity index (χ0v) is 11.3. The molecule has 86 valence electrons. The van der Waals surface area contributed by atoms with Gasteiger partial charge >= 0.3 is 0 Å².